The SMILES string of the molecule is COc1cc(C)ccc1OCC(=O)NCCCN1CCCCC1. The molecule has 0 unspecified atom stereocenters. The minimum absolute atomic E-state index is 0.0170. The van der Waals surface area contributed by atoms with Gasteiger partial charge in [-0.25, -0.2) is 0 Å². The van der Waals surface area contributed by atoms with E-state index in [0.717, 1.165) is 18.5 Å². The molecule has 1 aliphatic rings. The molecule has 1 aliphatic heterocycles. The van der Waals surface area contributed by atoms with Crippen LogP contribution >= 0.6 is 0 Å². The molecular formula is C18H28N2O3. The highest BCUT2D eigenvalue weighted by Gasteiger charge is 2.10. The van der Waals surface area contributed by atoms with Crippen LogP contribution in [-0.4, -0.2) is 50.7 Å². The summed E-state index contributed by atoms with van der Waals surface area (Å²) in [6.45, 7) is 6.16. The number of carbonyl (C=O) groups excluding carboxylic acids is 1. The molecule has 0 radical (unpaired) electrons. The quantitative estimate of drug-likeness (QED) is 0.747. The van der Waals surface area contributed by atoms with Gasteiger partial charge in [0.05, 0.1) is 7.11 Å². The second-order valence-corrected chi connectivity index (χ2v) is 6.05. The molecule has 128 valence electrons. The van der Waals surface area contributed by atoms with E-state index in [2.05, 4.69) is 10.2 Å². The summed E-state index contributed by atoms with van der Waals surface area (Å²) in [5, 5.41) is 2.91. The predicted octanol–water partition coefficient (Wildman–Crippen LogP) is 2.37. The molecule has 1 aromatic carbocycles. The van der Waals surface area contributed by atoms with Crippen LogP contribution < -0.4 is 14.8 Å². The average molecular weight is 320 g/mol. The molecule has 1 saturated heterocycles. The molecule has 23 heavy (non-hydrogen) atoms. The maximum atomic E-state index is 11.8. The van der Waals surface area contributed by atoms with Gasteiger partial charge < -0.3 is 19.7 Å². The van der Waals surface area contributed by atoms with Gasteiger partial charge in [0.2, 0.25) is 0 Å². The lowest BCUT2D eigenvalue weighted by Gasteiger charge is -2.26. The van der Waals surface area contributed by atoms with Crippen molar-refractivity contribution in [3.8, 4) is 11.5 Å². The van der Waals surface area contributed by atoms with E-state index in [4.69, 9.17) is 9.47 Å². The third-order valence-corrected chi connectivity index (χ3v) is 4.10. The van der Waals surface area contributed by atoms with Crippen molar-refractivity contribution in [3.05, 3.63) is 23.8 Å². The van der Waals surface area contributed by atoms with Crippen molar-refractivity contribution >= 4 is 5.91 Å². The van der Waals surface area contributed by atoms with Crippen molar-refractivity contribution in [2.45, 2.75) is 32.6 Å². The van der Waals surface area contributed by atoms with Gasteiger partial charge in [0, 0.05) is 6.54 Å². The number of hydrogen-bond donors (Lipinski definition) is 1. The molecule has 2 rings (SSSR count). The van der Waals surface area contributed by atoms with E-state index in [1.54, 1.807) is 7.11 Å². The summed E-state index contributed by atoms with van der Waals surface area (Å²) < 4.78 is 10.8. The fourth-order valence-electron chi connectivity index (χ4n) is 2.80. The van der Waals surface area contributed by atoms with Gasteiger partial charge in [0.25, 0.3) is 5.91 Å². The number of aryl methyl sites for hydroxylation is 1. The third-order valence-electron chi connectivity index (χ3n) is 4.10. The summed E-state index contributed by atoms with van der Waals surface area (Å²) in [5.74, 6) is 1.16. The summed E-state index contributed by atoms with van der Waals surface area (Å²) in [7, 11) is 1.60. The normalized spacial score (nSPS) is 15.2. The first-order chi connectivity index (χ1) is 11.2. The molecule has 1 fully saturated rings. The maximum Gasteiger partial charge on any atom is 0.257 e. The Hall–Kier alpha value is -1.75. The van der Waals surface area contributed by atoms with Gasteiger partial charge in [-0.2, -0.15) is 0 Å². The number of benzene rings is 1. The fourth-order valence-corrected chi connectivity index (χ4v) is 2.80. The number of rotatable bonds is 8. The second-order valence-electron chi connectivity index (χ2n) is 6.05. The Balaban J connectivity index is 1.63. The molecule has 0 atom stereocenters. The van der Waals surface area contributed by atoms with Crippen molar-refractivity contribution in [2.24, 2.45) is 0 Å². The second kappa shape index (κ2) is 9.40. The zero-order valence-corrected chi connectivity index (χ0v) is 14.3. The van der Waals surface area contributed by atoms with Crippen LogP contribution in [0.15, 0.2) is 18.2 Å². The van der Waals surface area contributed by atoms with E-state index in [9.17, 15) is 4.79 Å². The lowest BCUT2D eigenvalue weighted by atomic mass is 10.1. The van der Waals surface area contributed by atoms with E-state index < -0.39 is 0 Å². The topological polar surface area (TPSA) is 50.8 Å². The summed E-state index contributed by atoms with van der Waals surface area (Å²) in [6.07, 6.45) is 4.95. The number of nitrogens with zero attached hydrogens (tertiary/aromatic N) is 1. The maximum absolute atomic E-state index is 11.8. The molecule has 5 heteroatoms. The molecule has 1 amide bonds. The first kappa shape index (κ1) is 17.6. The fraction of sp³-hybridized carbons (Fsp3) is 0.611. The Morgan fingerprint density at radius 2 is 2.00 bits per heavy atom. The highest BCUT2D eigenvalue weighted by Crippen LogP contribution is 2.27. The standard InChI is InChI=1S/C18H28N2O3/c1-15-7-8-16(17(13-15)22-2)23-14-18(21)19-9-6-12-20-10-4-3-5-11-20/h7-8,13H,3-6,9-12,14H2,1-2H3,(H,19,21). The number of hydrogen-bond acceptors (Lipinski definition) is 4. The molecule has 1 aromatic rings. The Bertz CT molecular complexity index is 499. The lowest BCUT2D eigenvalue weighted by molar-refractivity contribution is -0.123. The number of carbonyl (C=O) groups is 1. The van der Waals surface area contributed by atoms with Crippen LogP contribution in [0.4, 0.5) is 0 Å². The molecule has 5 nitrogen and oxygen atoms in total. The molecule has 0 aromatic heterocycles. The molecule has 1 N–H and O–H groups in total. The van der Waals surface area contributed by atoms with Crippen LogP contribution in [0, 0.1) is 6.92 Å². The van der Waals surface area contributed by atoms with Gasteiger partial charge in [0.15, 0.2) is 18.1 Å². The number of nitrogens with one attached hydrogen (secondary N) is 1. The largest absolute Gasteiger partial charge is 0.493 e. The summed E-state index contributed by atoms with van der Waals surface area (Å²) in [6, 6.07) is 5.66. The molecule has 1 heterocycles. The minimum Gasteiger partial charge on any atom is -0.493 e. The van der Waals surface area contributed by atoms with Crippen LogP contribution in [0.1, 0.15) is 31.2 Å². The molecule has 0 aliphatic carbocycles. The van der Waals surface area contributed by atoms with Gasteiger partial charge in [-0.1, -0.05) is 12.5 Å². The van der Waals surface area contributed by atoms with Crippen LogP contribution in [0.25, 0.3) is 0 Å². The summed E-state index contributed by atoms with van der Waals surface area (Å²) >= 11 is 0. The smallest absolute Gasteiger partial charge is 0.257 e. The van der Waals surface area contributed by atoms with Gasteiger partial charge in [-0.15, -0.1) is 0 Å². The van der Waals surface area contributed by atoms with Crippen LogP contribution in [-0.2, 0) is 4.79 Å². The van der Waals surface area contributed by atoms with Gasteiger partial charge in [-0.05, 0) is 63.5 Å². The minimum atomic E-state index is -0.0914. The van der Waals surface area contributed by atoms with E-state index in [1.165, 1.54) is 32.4 Å². The van der Waals surface area contributed by atoms with Gasteiger partial charge in [0.1, 0.15) is 0 Å². The number of methoxy groups -OCH3 is 1. The predicted molar refractivity (Wildman–Crippen MR) is 91.1 cm³/mol. The Morgan fingerprint density at radius 3 is 2.74 bits per heavy atom. The Kier molecular flexibility index (Phi) is 7.20. The first-order valence-corrected chi connectivity index (χ1v) is 8.45. The van der Waals surface area contributed by atoms with Crippen molar-refractivity contribution in [1.29, 1.82) is 0 Å². The summed E-state index contributed by atoms with van der Waals surface area (Å²) in [4.78, 5) is 14.3. The average Bonchev–Trinajstić information content (AvgIpc) is 2.58. The van der Waals surface area contributed by atoms with Crippen LogP contribution in [0.2, 0.25) is 0 Å². The molecule has 0 spiro atoms. The van der Waals surface area contributed by atoms with E-state index >= 15 is 0 Å². The highest BCUT2D eigenvalue weighted by molar-refractivity contribution is 5.77. The number of piperidine rings is 1. The van der Waals surface area contributed by atoms with Crippen molar-refractivity contribution in [2.75, 3.05) is 39.9 Å². The van der Waals surface area contributed by atoms with E-state index in [1.807, 2.05) is 25.1 Å². The van der Waals surface area contributed by atoms with Gasteiger partial charge in [-0.3, -0.25) is 4.79 Å². The number of ether oxygens (including phenoxy) is 2. The monoisotopic (exact) mass is 320 g/mol. The summed E-state index contributed by atoms with van der Waals surface area (Å²) in [5.41, 5.74) is 1.09. The van der Waals surface area contributed by atoms with Crippen molar-refractivity contribution < 1.29 is 14.3 Å². The van der Waals surface area contributed by atoms with E-state index in [0.29, 0.717) is 18.0 Å². The Labute approximate surface area is 139 Å². The van der Waals surface area contributed by atoms with Crippen molar-refractivity contribution in [3.63, 3.8) is 0 Å². The van der Waals surface area contributed by atoms with Crippen LogP contribution in [0.3, 0.4) is 0 Å². The van der Waals surface area contributed by atoms with Crippen LogP contribution in [0.5, 0.6) is 11.5 Å². The first-order valence-electron chi connectivity index (χ1n) is 8.45. The third kappa shape index (κ3) is 6.10. The van der Waals surface area contributed by atoms with Crippen molar-refractivity contribution in [1.82, 2.24) is 10.2 Å². The zero-order valence-electron chi connectivity index (χ0n) is 14.3. The van der Waals surface area contributed by atoms with Gasteiger partial charge >= 0.3 is 0 Å². The molecular weight excluding hydrogens is 292 g/mol. The van der Waals surface area contributed by atoms with E-state index in [-0.39, 0.29) is 12.5 Å². The molecule has 0 bridgehead atoms. The highest BCUT2D eigenvalue weighted by atomic mass is 16.5. The lowest BCUT2D eigenvalue weighted by Crippen LogP contribution is -2.34. The zero-order chi connectivity index (χ0) is 16.5. The Morgan fingerprint density at radius 1 is 1.22 bits per heavy atom. The molecule has 0 saturated carbocycles. The number of likely N-dealkylation sites (tertiary alicyclic amines) is 1. The number of amides is 1.